The van der Waals surface area contributed by atoms with Gasteiger partial charge >= 0.3 is 6.09 Å². The molecule has 24 heavy (non-hydrogen) atoms. The number of aryl methyl sites for hydroxylation is 1. The van der Waals surface area contributed by atoms with Gasteiger partial charge < -0.3 is 9.64 Å². The number of piperidine rings is 1. The highest BCUT2D eigenvalue weighted by Gasteiger charge is 2.26. The number of allylic oxidation sites excluding steroid dienone is 1. The number of hydrogen-bond acceptors (Lipinski definition) is 3. The molecule has 0 radical (unpaired) electrons. The van der Waals surface area contributed by atoms with Crippen molar-refractivity contribution in [1.29, 1.82) is 0 Å². The van der Waals surface area contributed by atoms with Crippen LogP contribution in [0.15, 0.2) is 24.4 Å². The molecule has 2 heterocycles. The first-order chi connectivity index (χ1) is 11.3. The number of pyridine rings is 1. The normalized spacial score (nSPS) is 16.6. The van der Waals surface area contributed by atoms with Crippen LogP contribution in [0.25, 0.3) is 6.08 Å². The number of hydrogen-bond donors (Lipinski definition) is 0. The summed E-state index contributed by atoms with van der Waals surface area (Å²) in [4.78, 5) is 18.1. The van der Waals surface area contributed by atoms with Crippen LogP contribution in [0.5, 0.6) is 0 Å². The van der Waals surface area contributed by atoms with Crippen LogP contribution in [0.4, 0.5) is 4.79 Å². The van der Waals surface area contributed by atoms with Crippen LogP contribution in [0.3, 0.4) is 0 Å². The smallest absolute Gasteiger partial charge is 0.410 e. The molecule has 4 nitrogen and oxygen atoms in total. The maximum atomic E-state index is 12.1. The van der Waals surface area contributed by atoms with Gasteiger partial charge in [-0.05, 0) is 77.0 Å². The zero-order chi connectivity index (χ0) is 17.6. The van der Waals surface area contributed by atoms with Crippen LogP contribution >= 0.6 is 0 Å². The topological polar surface area (TPSA) is 42.4 Å². The van der Waals surface area contributed by atoms with Gasteiger partial charge in [0.15, 0.2) is 0 Å². The molecule has 1 aromatic heterocycles. The molecule has 0 unspecified atom stereocenters. The molecule has 1 aliphatic heterocycles. The molecule has 0 aliphatic carbocycles. The molecular weight excluding hydrogens is 300 g/mol. The molecule has 0 N–H and O–H groups in total. The Hall–Kier alpha value is -1.84. The Morgan fingerprint density at radius 3 is 2.71 bits per heavy atom. The van der Waals surface area contributed by atoms with Gasteiger partial charge in [-0.15, -0.1) is 0 Å². The summed E-state index contributed by atoms with van der Waals surface area (Å²) in [6.07, 6.45) is 10.5. The monoisotopic (exact) mass is 330 g/mol. The number of nitrogens with zero attached hydrogens (tertiary/aromatic N) is 2. The Morgan fingerprint density at radius 2 is 2.08 bits per heavy atom. The number of ether oxygens (including phenoxy) is 1. The van der Waals surface area contributed by atoms with Gasteiger partial charge in [-0.2, -0.15) is 0 Å². The van der Waals surface area contributed by atoms with Crippen molar-refractivity contribution in [3.8, 4) is 0 Å². The van der Waals surface area contributed by atoms with Gasteiger partial charge in [0.05, 0.1) is 0 Å². The van der Waals surface area contributed by atoms with Crippen LogP contribution in [-0.2, 0) is 4.74 Å². The molecule has 4 heteroatoms. The zero-order valence-electron chi connectivity index (χ0n) is 15.4. The fourth-order valence-corrected chi connectivity index (χ4v) is 2.95. The highest BCUT2D eigenvalue weighted by molar-refractivity contribution is 5.68. The Morgan fingerprint density at radius 1 is 1.38 bits per heavy atom. The van der Waals surface area contributed by atoms with Gasteiger partial charge in [0.1, 0.15) is 5.60 Å². The molecule has 2 rings (SSSR count). The van der Waals surface area contributed by atoms with Crippen LogP contribution in [0.1, 0.15) is 57.7 Å². The number of likely N-dealkylation sites (tertiary alicyclic amines) is 1. The molecule has 0 spiro atoms. The van der Waals surface area contributed by atoms with Crippen molar-refractivity contribution < 1.29 is 9.53 Å². The van der Waals surface area contributed by atoms with Gasteiger partial charge in [0.25, 0.3) is 0 Å². The van der Waals surface area contributed by atoms with Gasteiger partial charge in [0, 0.05) is 25.0 Å². The summed E-state index contributed by atoms with van der Waals surface area (Å²) in [6, 6.07) is 4.12. The minimum Gasteiger partial charge on any atom is -0.444 e. The average molecular weight is 330 g/mol. The van der Waals surface area contributed by atoms with E-state index in [0.29, 0.717) is 5.92 Å². The first kappa shape index (κ1) is 18.5. The molecule has 0 saturated carbocycles. The number of aromatic nitrogens is 1. The number of carbonyl (C=O) groups excluding carboxylic acids is 1. The molecule has 1 aromatic rings. The first-order valence-corrected chi connectivity index (χ1v) is 8.90. The van der Waals surface area contributed by atoms with Crippen molar-refractivity contribution in [2.24, 2.45) is 5.92 Å². The van der Waals surface area contributed by atoms with Gasteiger partial charge in [-0.3, -0.25) is 4.98 Å². The second kappa shape index (κ2) is 8.32. The zero-order valence-corrected chi connectivity index (χ0v) is 15.4. The Kier molecular flexibility index (Phi) is 6.41. The lowest BCUT2D eigenvalue weighted by Crippen LogP contribution is -2.41. The summed E-state index contributed by atoms with van der Waals surface area (Å²) in [5.74, 6) is 0.701. The van der Waals surface area contributed by atoms with Crippen molar-refractivity contribution >= 4 is 12.2 Å². The maximum Gasteiger partial charge on any atom is 0.410 e. The van der Waals surface area contributed by atoms with E-state index >= 15 is 0 Å². The molecular formula is C20H30N2O2. The molecule has 1 saturated heterocycles. The van der Waals surface area contributed by atoms with Gasteiger partial charge in [-0.1, -0.05) is 12.2 Å². The molecule has 1 amide bonds. The fourth-order valence-electron chi connectivity index (χ4n) is 2.95. The summed E-state index contributed by atoms with van der Waals surface area (Å²) in [6.45, 7) is 9.37. The Balaban J connectivity index is 1.69. The first-order valence-electron chi connectivity index (χ1n) is 8.90. The summed E-state index contributed by atoms with van der Waals surface area (Å²) in [7, 11) is 0. The predicted molar refractivity (Wildman–Crippen MR) is 97.8 cm³/mol. The SMILES string of the molecule is Cc1cc(C=CCCC2CCN(C(=O)OC(C)(C)C)CC2)ccn1. The fraction of sp³-hybridized carbons (Fsp3) is 0.600. The van der Waals surface area contributed by atoms with Crippen LogP contribution in [-0.4, -0.2) is 34.7 Å². The maximum absolute atomic E-state index is 12.1. The highest BCUT2D eigenvalue weighted by Crippen LogP contribution is 2.23. The predicted octanol–water partition coefficient (Wildman–Crippen LogP) is 4.83. The van der Waals surface area contributed by atoms with E-state index in [1.807, 2.05) is 44.9 Å². The van der Waals surface area contributed by atoms with Crippen LogP contribution in [0.2, 0.25) is 0 Å². The van der Waals surface area contributed by atoms with E-state index in [1.54, 1.807) is 0 Å². The lowest BCUT2D eigenvalue weighted by atomic mass is 9.92. The highest BCUT2D eigenvalue weighted by atomic mass is 16.6. The summed E-state index contributed by atoms with van der Waals surface area (Å²) < 4.78 is 5.44. The van der Waals surface area contributed by atoms with Crippen molar-refractivity contribution in [3.63, 3.8) is 0 Å². The van der Waals surface area contributed by atoms with E-state index in [1.165, 1.54) is 12.0 Å². The third-order valence-electron chi connectivity index (χ3n) is 4.24. The van der Waals surface area contributed by atoms with Gasteiger partial charge in [0.2, 0.25) is 0 Å². The van der Waals surface area contributed by atoms with E-state index < -0.39 is 5.60 Å². The number of carbonyl (C=O) groups is 1. The minimum absolute atomic E-state index is 0.172. The van der Waals surface area contributed by atoms with Crippen LogP contribution in [0, 0.1) is 12.8 Å². The lowest BCUT2D eigenvalue weighted by Gasteiger charge is -2.33. The van der Waals surface area contributed by atoms with E-state index in [4.69, 9.17) is 4.74 Å². The molecule has 0 bridgehead atoms. The van der Waals surface area contributed by atoms with E-state index in [-0.39, 0.29) is 6.09 Å². The minimum atomic E-state index is -0.413. The van der Waals surface area contributed by atoms with E-state index in [9.17, 15) is 4.79 Å². The van der Waals surface area contributed by atoms with Crippen LogP contribution < -0.4 is 0 Å². The molecule has 0 atom stereocenters. The quantitative estimate of drug-likeness (QED) is 0.794. The third-order valence-corrected chi connectivity index (χ3v) is 4.24. The van der Waals surface area contributed by atoms with Crippen molar-refractivity contribution in [2.45, 2.75) is 59.0 Å². The van der Waals surface area contributed by atoms with E-state index in [2.05, 4.69) is 23.2 Å². The summed E-state index contributed by atoms with van der Waals surface area (Å²) >= 11 is 0. The van der Waals surface area contributed by atoms with E-state index in [0.717, 1.165) is 38.0 Å². The average Bonchev–Trinajstić information content (AvgIpc) is 2.50. The summed E-state index contributed by atoms with van der Waals surface area (Å²) in [5, 5.41) is 0. The van der Waals surface area contributed by atoms with Crippen molar-refractivity contribution in [2.75, 3.05) is 13.1 Å². The molecule has 0 aromatic carbocycles. The molecule has 1 fully saturated rings. The Bertz CT molecular complexity index is 567. The Labute approximate surface area is 145 Å². The van der Waals surface area contributed by atoms with Crippen molar-refractivity contribution in [3.05, 3.63) is 35.7 Å². The standard InChI is InChI=1S/C20H30N2O2/c1-16-15-18(9-12-21-16)8-6-5-7-17-10-13-22(14-11-17)19(23)24-20(2,3)4/h6,8-9,12,15,17H,5,7,10-11,13-14H2,1-4H3. The lowest BCUT2D eigenvalue weighted by molar-refractivity contribution is 0.0181. The van der Waals surface area contributed by atoms with Crippen molar-refractivity contribution in [1.82, 2.24) is 9.88 Å². The second-order valence-corrected chi connectivity index (χ2v) is 7.62. The van der Waals surface area contributed by atoms with Gasteiger partial charge in [-0.25, -0.2) is 4.79 Å². The molecule has 132 valence electrons. The summed E-state index contributed by atoms with van der Waals surface area (Å²) in [5.41, 5.74) is 1.85. The number of amides is 1. The third kappa shape index (κ3) is 6.34. The molecule has 1 aliphatic rings. The largest absolute Gasteiger partial charge is 0.444 e. The second-order valence-electron chi connectivity index (χ2n) is 7.62. The number of rotatable bonds is 4.